The van der Waals surface area contributed by atoms with E-state index in [9.17, 15) is 0 Å². The van der Waals surface area contributed by atoms with Gasteiger partial charge in [-0.25, -0.2) is 0 Å². The van der Waals surface area contributed by atoms with Crippen LogP contribution in [0.2, 0.25) is 0 Å². The lowest BCUT2D eigenvalue weighted by Gasteiger charge is -2.36. The van der Waals surface area contributed by atoms with E-state index in [2.05, 4.69) is 50.4 Å². The van der Waals surface area contributed by atoms with Crippen molar-refractivity contribution < 1.29 is 4.74 Å². The van der Waals surface area contributed by atoms with E-state index in [0.717, 1.165) is 0 Å². The second kappa shape index (κ2) is 5.64. The Balaban J connectivity index is 2.12. The van der Waals surface area contributed by atoms with Crippen LogP contribution in [0, 0.1) is 0 Å². The van der Waals surface area contributed by atoms with E-state index in [1.807, 2.05) is 11.8 Å². The van der Waals surface area contributed by atoms with Crippen molar-refractivity contribution in [1.82, 2.24) is 5.32 Å². The zero-order chi connectivity index (χ0) is 13.2. The Morgan fingerprint density at radius 3 is 2.83 bits per heavy atom. The molecule has 0 fully saturated rings. The minimum atomic E-state index is -0.139. The first-order valence-corrected chi connectivity index (χ1v) is 7.56. The number of methoxy groups -OCH3 is 1. The summed E-state index contributed by atoms with van der Waals surface area (Å²) in [5.41, 5.74) is 1.30. The minimum Gasteiger partial charge on any atom is -0.377 e. The molecule has 0 radical (unpaired) electrons. The lowest BCUT2D eigenvalue weighted by atomic mass is 9.96. The van der Waals surface area contributed by atoms with Crippen LogP contribution < -0.4 is 5.32 Å². The molecule has 1 aliphatic heterocycles. The normalized spacial score (nSPS) is 21.4. The number of fused-ring (bicyclic) bond motifs is 1. The molecule has 1 aromatic rings. The average molecular weight is 265 g/mol. The molecule has 100 valence electrons. The third kappa shape index (κ3) is 2.90. The summed E-state index contributed by atoms with van der Waals surface area (Å²) in [7, 11) is 1.78. The molecule has 0 saturated heterocycles. The Morgan fingerprint density at radius 2 is 2.11 bits per heavy atom. The molecule has 0 spiro atoms. The molecule has 0 bridgehead atoms. The number of rotatable bonds is 4. The van der Waals surface area contributed by atoms with Gasteiger partial charge in [0.1, 0.15) is 0 Å². The van der Waals surface area contributed by atoms with Gasteiger partial charge in [0.2, 0.25) is 0 Å². The van der Waals surface area contributed by atoms with Crippen molar-refractivity contribution in [3.63, 3.8) is 0 Å². The van der Waals surface area contributed by atoms with Crippen molar-refractivity contribution in [2.45, 2.75) is 49.8 Å². The van der Waals surface area contributed by atoms with Gasteiger partial charge in [0, 0.05) is 24.1 Å². The molecule has 18 heavy (non-hydrogen) atoms. The Morgan fingerprint density at radius 1 is 1.39 bits per heavy atom. The smallest absolute Gasteiger partial charge is 0.0772 e. The first-order chi connectivity index (χ1) is 8.54. The first-order valence-electron chi connectivity index (χ1n) is 6.57. The molecular formula is C15H23NOS. The molecule has 2 rings (SSSR count). The molecule has 0 aromatic heterocycles. The van der Waals surface area contributed by atoms with Gasteiger partial charge in [-0.2, -0.15) is 0 Å². The zero-order valence-electron chi connectivity index (χ0n) is 11.7. The number of hydrogen-bond donors (Lipinski definition) is 1. The van der Waals surface area contributed by atoms with Crippen molar-refractivity contribution in [2.24, 2.45) is 0 Å². The standard InChI is InChI=1S/C15H23NOS/c1-11(15(2,3)17-4)16-13-9-10-18-14-8-6-5-7-12(13)14/h5-8,11,13,16H,9-10H2,1-4H3. The maximum absolute atomic E-state index is 5.56. The third-order valence-corrected chi connectivity index (χ3v) is 5.10. The van der Waals surface area contributed by atoms with Gasteiger partial charge in [-0.15, -0.1) is 11.8 Å². The molecule has 2 atom stereocenters. The van der Waals surface area contributed by atoms with Crippen LogP contribution in [0.25, 0.3) is 0 Å². The lowest BCUT2D eigenvalue weighted by Crippen LogP contribution is -2.47. The predicted molar refractivity (Wildman–Crippen MR) is 78.2 cm³/mol. The Kier molecular flexibility index (Phi) is 4.36. The van der Waals surface area contributed by atoms with Crippen LogP contribution >= 0.6 is 11.8 Å². The summed E-state index contributed by atoms with van der Waals surface area (Å²) in [6.07, 6.45) is 1.19. The highest BCUT2D eigenvalue weighted by Crippen LogP contribution is 2.36. The van der Waals surface area contributed by atoms with Gasteiger partial charge in [0.05, 0.1) is 5.60 Å². The van der Waals surface area contributed by atoms with Crippen molar-refractivity contribution in [1.29, 1.82) is 0 Å². The van der Waals surface area contributed by atoms with Crippen molar-refractivity contribution >= 4 is 11.8 Å². The summed E-state index contributed by atoms with van der Waals surface area (Å²) in [4.78, 5) is 1.42. The number of hydrogen-bond acceptors (Lipinski definition) is 3. The second-order valence-corrected chi connectivity index (χ2v) is 6.56. The minimum absolute atomic E-state index is 0.139. The van der Waals surface area contributed by atoms with Gasteiger partial charge in [0.15, 0.2) is 0 Å². The molecule has 1 N–H and O–H groups in total. The van der Waals surface area contributed by atoms with Crippen LogP contribution in [-0.2, 0) is 4.74 Å². The van der Waals surface area contributed by atoms with Gasteiger partial charge >= 0.3 is 0 Å². The van der Waals surface area contributed by atoms with E-state index in [4.69, 9.17) is 4.74 Å². The van der Waals surface area contributed by atoms with E-state index in [-0.39, 0.29) is 5.60 Å². The van der Waals surface area contributed by atoms with Crippen LogP contribution in [0.15, 0.2) is 29.2 Å². The summed E-state index contributed by atoms with van der Waals surface area (Å²) < 4.78 is 5.56. The quantitative estimate of drug-likeness (QED) is 0.898. The van der Waals surface area contributed by atoms with Crippen molar-refractivity contribution in [3.05, 3.63) is 29.8 Å². The van der Waals surface area contributed by atoms with Crippen LogP contribution in [0.1, 0.15) is 38.8 Å². The van der Waals surface area contributed by atoms with Gasteiger partial charge in [-0.1, -0.05) is 18.2 Å². The van der Waals surface area contributed by atoms with E-state index in [1.165, 1.54) is 22.6 Å². The van der Waals surface area contributed by atoms with Gasteiger partial charge in [0.25, 0.3) is 0 Å². The van der Waals surface area contributed by atoms with Gasteiger partial charge in [-0.05, 0) is 44.6 Å². The maximum atomic E-state index is 5.56. The summed E-state index contributed by atoms with van der Waals surface area (Å²) in [6.45, 7) is 6.47. The van der Waals surface area contributed by atoms with E-state index in [0.29, 0.717) is 12.1 Å². The van der Waals surface area contributed by atoms with Crippen molar-refractivity contribution in [3.8, 4) is 0 Å². The highest BCUT2D eigenvalue weighted by molar-refractivity contribution is 7.99. The Bertz CT molecular complexity index is 405. The molecular weight excluding hydrogens is 242 g/mol. The molecule has 2 nitrogen and oxygen atoms in total. The lowest BCUT2D eigenvalue weighted by molar-refractivity contribution is -0.00843. The zero-order valence-corrected chi connectivity index (χ0v) is 12.5. The fourth-order valence-corrected chi connectivity index (χ4v) is 3.32. The fourth-order valence-electron chi connectivity index (χ4n) is 2.19. The fraction of sp³-hybridized carbons (Fsp3) is 0.600. The van der Waals surface area contributed by atoms with Crippen molar-refractivity contribution in [2.75, 3.05) is 12.9 Å². The summed E-state index contributed by atoms with van der Waals surface area (Å²) >= 11 is 1.96. The van der Waals surface area contributed by atoms with Gasteiger partial charge < -0.3 is 10.1 Å². The van der Waals surface area contributed by atoms with Gasteiger partial charge in [-0.3, -0.25) is 0 Å². The Labute approximate surface area is 114 Å². The number of ether oxygens (including phenoxy) is 1. The maximum Gasteiger partial charge on any atom is 0.0772 e. The number of nitrogens with one attached hydrogen (secondary N) is 1. The summed E-state index contributed by atoms with van der Waals surface area (Å²) in [5.74, 6) is 1.19. The Hall–Kier alpha value is -0.510. The third-order valence-electron chi connectivity index (χ3n) is 3.98. The second-order valence-electron chi connectivity index (χ2n) is 5.42. The van der Waals surface area contributed by atoms with E-state index >= 15 is 0 Å². The molecule has 1 aliphatic rings. The summed E-state index contributed by atoms with van der Waals surface area (Å²) in [6, 6.07) is 9.49. The molecule has 3 heteroatoms. The molecule has 0 aliphatic carbocycles. The molecule has 0 amide bonds. The SMILES string of the molecule is COC(C)(C)C(C)NC1CCSc2ccccc21. The van der Waals surface area contributed by atoms with Crippen LogP contribution in [-0.4, -0.2) is 24.5 Å². The average Bonchev–Trinajstić information content (AvgIpc) is 2.39. The molecule has 0 saturated carbocycles. The number of thioether (sulfide) groups is 1. The van der Waals surface area contributed by atoms with E-state index < -0.39 is 0 Å². The highest BCUT2D eigenvalue weighted by atomic mass is 32.2. The first kappa shape index (κ1) is 13.9. The van der Waals surface area contributed by atoms with E-state index in [1.54, 1.807) is 7.11 Å². The highest BCUT2D eigenvalue weighted by Gasteiger charge is 2.29. The summed E-state index contributed by atoms with van der Waals surface area (Å²) in [5, 5.41) is 3.73. The molecule has 2 unspecified atom stereocenters. The van der Waals surface area contributed by atoms with Crippen LogP contribution in [0.5, 0.6) is 0 Å². The predicted octanol–water partition coefficient (Wildman–Crippen LogP) is 3.63. The molecule has 1 heterocycles. The molecule has 1 aromatic carbocycles. The largest absolute Gasteiger partial charge is 0.377 e. The monoisotopic (exact) mass is 265 g/mol. The number of benzene rings is 1. The topological polar surface area (TPSA) is 21.3 Å². The van der Waals surface area contributed by atoms with Crippen LogP contribution in [0.3, 0.4) is 0 Å². The van der Waals surface area contributed by atoms with Crippen LogP contribution in [0.4, 0.5) is 0 Å².